The molecule has 1 amide bonds. The van der Waals surface area contributed by atoms with E-state index in [1.54, 1.807) is 17.5 Å². The van der Waals surface area contributed by atoms with E-state index in [0.29, 0.717) is 18.4 Å². The first kappa shape index (κ1) is 21.3. The first-order valence-corrected chi connectivity index (χ1v) is 11.4. The van der Waals surface area contributed by atoms with Crippen molar-refractivity contribution in [2.75, 3.05) is 33.2 Å². The molecule has 2 rings (SSSR count). The maximum absolute atomic E-state index is 12.4. The number of carbonyl (C=O) groups excluding carboxylic acids is 1. The fraction of sp³-hybridized carbons (Fsp3) is 0.722. The molecule has 1 aliphatic rings. The molecule has 1 fully saturated rings. The van der Waals surface area contributed by atoms with E-state index in [1.165, 1.54) is 13.5 Å². The molecule has 0 saturated carbocycles. The van der Waals surface area contributed by atoms with Crippen molar-refractivity contribution in [1.29, 1.82) is 0 Å². The van der Waals surface area contributed by atoms with Gasteiger partial charge in [0.1, 0.15) is 4.21 Å². The predicted octanol–water partition coefficient (Wildman–Crippen LogP) is 2.24. The van der Waals surface area contributed by atoms with Gasteiger partial charge in [0, 0.05) is 32.2 Å². The van der Waals surface area contributed by atoms with E-state index >= 15 is 0 Å². The Morgan fingerprint density at radius 2 is 1.96 bits per heavy atom. The van der Waals surface area contributed by atoms with E-state index < -0.39 is 10.0 Å². The number of piperidine rings is 1. The summed E-state index contributed by atoms with van der Waals surface area (Å²) in [6.45, 7) is 11.2. The zero-order valence-electron chi connectivity index (χ0n) is 16.4. The Labute approximate surface area is 161 Å². The molecule has 1 saturated heterocycles. The van der Waals surface area contributed by atoms with Crippen LogP contribution in [0.3, 0.4) is 0 Å². The van der Waals surface area contributed by atoms with Gasteiger partial charge in [-0.15, -0.1) is 11.3 Å². The summed E-state index contributed by atoms with van der Waals surface area (Å²) >= 11 is 1.15. The van der Waals surface area contributed by atoms with E-state index in [9.17, 15) is 13.2 Å². The fourth-order valence-corrected chi connectivity index (χ4v) is 5.82. The second-order valence-electron chi connectivity index (χ2n) is 8.13. The Kier molecular flexibility index (Phi) is 6.87. The number of hydrogen-bond donors (Lipinski definition) is 1. The Morgan fingerprint density at radius 3 is 2.50 bits per heavy atom. The second kappa shape index (κ2) is 8.37. The second-order valence-corrected chi connectivity index (χ2v) is 11.4. The number of nitrogens with zero attached hydrogens (tertiary/aromatic N) is 2. The molecule has 2 atom stereocenters. The molecule has 1 aromatic heterocycles. The highest BCUT2D eigenvalue weighted by molar-refractivity contribution is 7.91. The van der Waals surface area contributed by atoms with Crippen molar-refractivity contribution in [1.82, 2.24) is 14.5 Å². The first-order valence-electron chi connectivity index (χ1n) is 9.04. The van der Waals surface area contributed by atoms with Gasteiger partial charge in [0.15, 0.2) is 0 Å². The van der Waals surface area contributed by atoms with E-state index in [2.05, 4.69) is 37.9 Å². The molecule has 148 valence electrons. The molecule has 1 aromatic rings. The lowest BCUT2D eigenvalue weighted by molar-refractivity contribution is -0.121. The van der Waals surface area contributed by atoms with Crippen LogP contribution >= 0.6 is 11.3 Å². The quantitative estimate of drug-likeness (QED) is 0.761. The van der Waals surface area contributed by atoms with Gasteiger partial charge in [-0.05, 0) is 43.6 Å². The van der Waals surface area contributed by atoms with Crippen LogP contribution in [0.15, 0.2) is 21.7 Å². The van der Waals surface area contributed by atoms with Gasteiger partial charge in [0.2, 0.25) is 5.91 Å². The molecule has 1 N–H and O–H groups in total. The van der Waals surface area contributed by atoms with Crippen LogP contribution in [0, 0.1) is 11.8 Å². The number of carbonyl (C=O) groups is 1. The summed E-state index contributed by atoms with van der Waals surface area (Å²) in [6, 6.07) is 3.24. The normalized spacial score (nSPS) is 22.5. The van der Waals surface area contributed by atoms with Crippen molar-refractivity contribution in [3.63, 3.8) is 0 Å². The molecule has 0 aliphatic carbocycles. The van der Waals surface area contributed by atoms with Gasteiger partial charge in [-0.25, -0.2) is 8.42 Å². The first-order chi connectivity index (χ1) is 12.0. The van der Waals surface area contributed by atoms with E-state index in [-0.39, 0.29) is 22.2 Å². The third-order valence-corrected chi connectivity index (χ3v) is 8.15. The molecule has 0 spiro atoms. The number of amides is 1. The van der Waals surface area contributed by atoms with Gasteiger partial charge in [0.25, 0.3) is 10.0 Å². The van der Waals surface area contributed by atoms with E-state index in [4.69, 9.17) is 0 Å². The van der Waals surface area contributed by atoms with Gasteiger partial charge >= 0.3 is 0 Å². The van der Waals surface area contributed by atoms with Crippen molar-refractivity contribution in [2.24, 2.45) is 11.8 Å². The maximum Gasteiger partial charge on any atom is 0.252 e. The number of thiophene rings is 1. The summed E-state index contributed by atoms with van der Waals surface area (Å²) in [4.78, 5) is 14.7. The van der Waals surface area contributed by atoms with Crippen LogP contribution in [-0.4, -0.2) is 62.3 Å². The Bertz CT molecular complexity index is 691. The average molecular weight is 402 g/mol. The zero-order chi connectivity index (χ0) is 19.5. The third kappa shape index (κ3) is 5.28. The summed E-state index contributed by atoms with van der Waals surface area (Å²) < 4.78 is 26.2. The van der Waals surface area contributed by atoms with Crippen LogP contribution in [0.25, 0.3) is 0 Å². The average Bonchev–Trinajstić information content (AvgIpc) is 3.07. The predicted molar refractivity (Wildman–Crippen MR) is 106 cm³/mol. The highest BCUT2D eigenvalue weighted by Crippen LogP contribution is 2.27. The topological polar surface area (TPSA) is 69.7 Å². The Balaban J connectivity index is 1.89. The Hall–Kier alpha value is -0.960. The molecule has 0 aromatic carbocycles. The van der Waals surface area contributed by atoms with Gasteiger partial charge in [-0.1, -0.05) is 19.9 Å². The lowest BCUT2D eigenvalue weighted by Gasteiger charge is -2.45. The lowest BCUT2D eigenvalue weighted by atomic mass is 9.88. The van der Waals surface area contributed by atoms with E-state index in [0.717, 1.165) is 28.7 Å². The highest BCUT2D eigenvalue weighted by atomic mass is 32.2. The molecule has 8 heteroatoms. The summed E-state index contributed by atoms with van der Waals surface area (Å²) in [5, 5.41) is 4.63. The summed E-state index contributed by atoms with van der Waals surface area (Å²) in [6.07, 6.45) is 1.24. The molecule has 0 bridgehead atoms. The minimum absolute atomic E-state index is 0.163. The summed E-state index contributed by atoms with van der Waals surface area (Å²) in [5.74, 6) is 1.02. The standard InChI is InChI=1S/C18H31N3O3S2/c1-14-9-15(2)11-21(10-14)18(3,4)13-19-16(22)12-20(5)26(23,24)17-7-6-8-25-17/h6-8,14-15H,9-13H2,1-5H3,(H,19,22). The molecule has 26 heavy (non-hydrogen) atoms. The Morgan fingerprint density at radius 1 is 1.35 bits per heavy atom. The number of likely N-dealkylation sites (tertiary alicyclic amines) is 1. The van der Waals surface area contributed by atoms with Crippen molar-refractivity contribution in [2.45, 2.75) is 43.9 Å². The maximum atomic E-state index is 12.4. The molecule has 2 unspecified atom stereocenters. The molecule has 6 nitrogen and oxygen atoms in total. The smallest absolute Gasteiger partial charge is 0.252 e. The molecule has 0 radical (unpaired) electrons. The monoisotopic (exact) mass is 401 g/mol. The minimum Gasteiger partial charge on any atom is -0.353 e. The minimum atomic E-state index is -3.60. The van der Waals surface area contributed by atoms with Crippen molar-refractivity contribution in [3.8, 4) is 0 Å². The molecular weight excluding hydrogens is 370 g/mol. The van der Waals surface area contributed by atoms with Crippen molar-refractivity contribution >= 4 is 27.3 Å². The van der Waals surface area contributed by atoms with Gasteiger partial charge in [-0.2, -0.15) is 4.31 Å². The molecule has 1 aliphatic heterocycles. The van der Waals surface area contributed by atoms with Gasteiger partial charge < -0.3 is 5.32 Å². The van der Waals surface area contributed by atoms with Gasteiger partial charge in [0.05, 0.1) is 6.54 Å². The summed E-state index contributed by atoms with van der Waals surface area (Å²) in [7, 11) is -2.16. The van der Waals surface area contributed by atoms with E-state index in [1.807, 2.05) is 0 Å². The molecular formula is C18H31N3O3S2. The number of hydrogen-bond acceptors (Lipinski definition) is 5. The van der Waals surface area contributed by atoms with Crippen LogP contribution in [0.2, 0.25) is 0 Å². The zero-order valence-corrected chi connectivity index (χ0v) is 18.0. The van der Waals surface area contributed by atoms with Crippen molar-refractivity contribution in [3.05, 3.63) is 17.5 Å². The van der Waals surface area contributed by atoms with Gasteiger partial charge in [-0.3, -0.25) is 9.69 Å². The summed E-state index contributed by atoms with van der Waals surface area (Å²) in [5.41, 5.74) is -0.163. The number of sulfonamides is 1. The largest absolute Gasteiger partial charge is 0.353 e. The van der Waals surface area contributed by atoms with Crippen LogP contribution in [0.4, 0.5) is 0 Å². The number of rotatable bonds is 7. The third-order valence-electron chi connectivity index (χ3n) is 4.97. The van der Waals surface area contributed by atoms with Crippen LogP contribution < -0.4 is 5.32 Å². The lowest BCUT2D eigenvalue weighted by Crippen LogP contribution is -2.56. The van der Waals surface area contributed by atoms with Crippen molar-refractivity contribution < 1.29 is 13.2 Å². The molecule has 2 heterocycles. The number of nitrogens with one attached hydrogen (secondary N) is 1. The van der Waals surface area contributed by atoms with Crippen LogP contribution in [-0.2, 0) is 14.8 Å². The fourth-order valence-electron chi connectivity index (χ4n) is 3.49. The number of likely N-dealkylation sites (N-methyl/N-ethyl adjacent to an activating group) is 1. The van der Waals surface area contributed by atoms with Crippen LogP contribution in [0.1, 0.15) is 34.1 Å². The van der Waals surface area contributed by atoms with Crippen LogP contribution in [0.5, 0.6) is 0 Å². The SMILES string of the molecule is CC1CC(C)CN(C(C)(C)CNC(=O)CN(C)S(=O)(=O)c2cccs2)C1. The highest BCUT2D eigenvalue weighted by Gasteiger charge is 2.33.